The molecule has 0 bridgehead atoms. The Kier molecular flexibility index (Phi) is 7.40. The van der Waals surface area contributed by atoms with Gasteiger partial charge in [0.15, 0.2) is 0 Å². The molecule has 3 N–H and O–H groups in total. The SMILES string of the molecule is N#C/C(=N\Nc1cc(Cl)c(C(C#N)c2ccc(Cl)cc2)c(Cl)c1)C(=O)NC(=O)O. The molecular weight excluding hydrogens is 441 g/mol. The van der Waals surface area contributed by atoms with Gasteiger partial charge < -0.3 is 5.11 Å². The number of carboxylic acid groups (broad SMARTS) is 1. The largest absolute Gasteiger partial charge is 0.465 e. The van der Waals surface area contributed by atoms with Crippen LogP contribution in [0.2, 0.25) is 15.1 Å². The number of rotatable bonds is 5. The maximum atomic E-state index is 11.5. The molecule has 8 nitrogen and oxygen atoms in total. The van der Waals surface area contributed by atoms with Gasteiger partial charge in [0, 0.05) is 20.6 Å². The highest BCUT2D eigenvalue weighted by molar-refractivity contribution is 6.46. The second-order valence-corrected chi connectivity index (χ2v) is 6.66. The summed E-state index contributed by atoms with van der Waals surface area (Å²) in [4.78, 5) is 22.0. The van der Waals surface area contributed by atoms with Crippen molar-refractivity contribution in [2.75, 3.05) is 5.43 Å². The fourth-order valence-corrected chi connectivity index (χ4v) is 3.12. The van der Waals surface area contributed by atoms with Gasteiger partial charge in [-0.1, -0.05) is 46.9 Å². The molecule has 0 heterocycles. The molecular formula is C18H10Cl3N5O3. The van der Waals surface area contributed by atoms with Gasteiger partial charge in [-0.2, -0.15) is 15.6 Å². The Morgan fingerprint density at radius 1 is 1.07 bits per heavy atom. The van der Waals surface area contributed by atoms with Gasteiger partial charge >= 0.3 is 6.09 Å². The number of carbonyl (C=O) groups excluding carboxylic acids is 1. The second-order valence-electron chi connectivity index (χ2n) is 5.41. The molecule has 2 aromatic rings. The van der Waals surface area contributed by atoms with E-state index in [9.17, 15) is 14.9 Å². The minimum atomic E-state index is -1.63. The maximum Gasteiger partial charge on any atom is 0.411 e. The van der Waals surface area contributed by atoms with E-state index in [1.807, 2.05) is 0 Å². The molecule has 0 spiro atoms. The molecule has 2 rings (SSSR count). The van der Waals surface area contributed by atoms with Crippen molar-refractivity contribution < 1.29 is 14.7 Å². The Balaban J connectivity index is 2.33. The molecule has 29 heavy (non-hydrogen) atoms. The van der Waals surface area contributed by atoms with Crippen LogP contribution in [0, 0.1) is 22.7 Å². The molecule has 0 saturated carbocycles. The zero-order chi connectivity index (χ0) is 21.6. The summed E-state index contributed by atoms with van der Waals surface area (Å²) in [5.74, 6) is -1.96. The first-order chi connectivity index (χ1) is 13.8. The number of hydrazone groups is 1. The second kappa shape index (κ2) is 9.76. The quantitative estimate of drug-likeness (QED) is 0.456. The van der Waals surface area contributed by atoms with E-state index < -0.39 is 23.6 Å². The Hall–Kier alpha value is -3.30. The van der Waals surface area contributed by atoms with Crippen molar-refractivity contribution in [3.05, 3.63) is 62.6 Å². The predicted octanol–water partition coefficient (Wildman–Crippen LogP) is 4.39. The van der Waals surface area contributed by atoms with Crippen LogP contribution in [0.1, 0.15) is 17.0 Å². The van der Waals surface area contributed by atoms with Gasteiger partial charge in [-0.15, -0.1) is 0 Å². The molecule has 11 heteroatoms. The molecule has 1 atom stereocenters. The van der Waals surface area contributed by atoms with E-state index in [0.29, 0.717) is 16.1 Å². The fraction of sp³-hybridized carbons (Fsp3) is 0.0556. The highest BCUT2D eigenvalue weighted by Gasteiger charge is 2.21. The first-order valence-electron chi connectivity index (χ1n) is 7.69. The number of imide groups is 1. The summed E-state index contributed by atoms with van der Waals surface area (Å²) in [7, 11) is 0. The number of amides is 2. The zero-order valence-electron chi connectivity index (χ0n) is 14.3. The van der Waals surface area contributed by atoms with E-state index in [-0.39, 0.29) is 15.7 Å². The predicted molar refractivity (Wildman–Crippen MR) is 108 cm³/mol. The van der Waals surface area contributed by atoms with Crippen molar-refractivity contribution in [1.82, 2.24) is 5.32 Å². The van der Waals surface area contributed by atoms with Gasteiger partial charge in [-0.25, -0.2) is 4.79 Å². The number of nitrogens with one attached hydrogen (secondary N) is 2. The molecule has 2 amide bonds. The number of hydrogen-bond acceptors (Lipinski definition) is 6. The molecule has 0 aromatic heterocycles. The van der Waals surface area contributed by atoms with E-state index in [1.54, 1.807) is 24.3 Å². The smallest absolute Gasteiger partial charge is 0.411 e. The van der Waals surface area contributed by atoms with Crippen molar-refractivity contribution >= 4 is 58.2 Å². The highest BCUT2D eigenvalue weighted by Crippen LogP contribution is 2.38. The topological polar surface area (TPSA) is 138 Å². The van der Waals surface area contributed by atoms with Crippen LogP contribution in [-0.2, 0) is 4.79 Å². The summed E-state index contributed by atoms with van der Waals surface area (Å²) < 4.78 is 0. The minimum Gasteiger partial charge on any atom is -0.465 e. The van der Waals surface area contributed by atoms with E-state index in [0.717, 1.165) is 0 Å². The average molecular weight is 451 g/mol. The molecule has 0 radical (unpaired) electrons. The Labute approximate surface area is 179 Å². The lowest BCUT2D eigenvalue weighted by Gasteiger charge is -2.15. The van der Waals surface area contributed by atoms with Gasteiger partial charge in [0.25, 0.3) is 5.91 Å². The highest BCUT2D eigenvalue weighted by atomic mass is 35.5. The van der Waals surface area contributed by atoms with Crippen LogP contribution < -0.4 is 10.7 Å². The number of hydrogen-bond donors (Lipinski definition) is 3. The van der Waals surface area contributed by atoms with Gasteiger partial charge in [-0.3, -0.25) is 15.5 Å². The first kappa shape index (κ1) is 22.0. The summed E-state index contributed by atoms with van der Waals surface area (Å²) in [5, 5.41) is 32.9. The van der Waals surface area contributed by atoms with E-state index in [2.05, 4.69) is 16.6 Å². The number of anilines is 1. The third-order valence-corrected chi connectivity index (χ3v) is 4.42. The molecule has 1 unspecified atom stereocenters. The monoisotopic (exact) mass is 449 g/mol. The number of benzene rings is 2. The van der Waals surface area contributed by atoms with Crippen LogP contribution in [-0.4, -0.2) is 22.8 Å². The van der Waals surface area contributed by atoms with Crippen LogP contribution in [0.15, 0.2) is 41.5 Å². The summed E-state index contributed by atoms with van der Waals surface area (Å²) >= 11 is 18.5. The lowest BCUT2D eigenvalue weighted by Crippen LogP contribution is -2.34. The number of halogens is 3. The number of nitriles is 2. The summed E-state index contributed by atoms with van der Waals surface area (Å²) in [6.07, 6.45) is -1.63. The molecule has 0 aliphatic carbocycles. The minimum absolute atomic E-state index is 0.144. The summed E-state index contributed by atoms with van der Waals surface area (Å²) in [6, 6.07) is 13.0. The number of nitrogens with zero attached hydrogens (tertiary/aromatic N) is 3. The Morgan fingerprint density at radius 3 is 2.14 bits per heavy atom. The maximum absolute atomic E-state index is 11.5. The normalized spacial score (nSPS) is 11.7. The van der Waals surface area contributed by atoms with Crippen molar-refractivity contribution in [1.29, 1.82) is 10.5 Å². The zero-order valence-corrected chi connectivity index (χ0v) is 16.5. The first-order valence-corrected chi connectivity index (χ1v) is 8.82. The Bertz CT molecular complexity index is 1050. The van der Waals surface area contributed by atoms with Gasteiger partial charge in [0.2, 0.25) is 5.71 Å². The Morgan fingerprint density at radius 2 is 1.66 bits per heavy atom. The van der Waals surface area contributed by atoms with E-state index >= 15 is 0 Å². The van der Waals surface area contributed by atoms with E-state index in [1.165, 1.54) is 23.5 Å². The third-order valence-electron chi connectivity index (χ3n) is 3.54. The van der Waals surface area contributed by atoms with Crippen LogP contribution in [0.3, 0.4) is 0 Å². The van der Waals surface area contributed by atoms with Crippen molar-refractivity contribution in [2.45, 2.75) is 5.92 Å². The third kappa shape index (κ3) is 5.59. The molecule has 146 valence electrons. The standard InChI is InChI=1S/C18H10Cl3N5O3/c19-10-3-1-9(2-4-10)12(7-22)16-13(20)5-11(6-14(16)21)25-26-15(8-23)17(27)24-18(28)29/h1-6,12,25H,(H,24,27)(H,28,29)/b26-15+. The molecule has 0 fully saturated rings. The average Bonchev–Trinajstić information content (AvgIpc) is 2.65. The fourth-order valence-electron chi connectivity index (χ4n) is 2.29. The van der Waals surface area contributed by atoms with Crippen LogP contribution in [0.25, 0.3) is 0 Å². The van der Waals surface area contributed by atoms with E-state index in [4.69, 9.17) is 45.2 Å². The number of carbonyl (C=O) groups is 2. The van der Waals surface area contributed by atoms with Crippen LogP contribution in [0.4, 0.5) is 10.5 Å². The van der Waals surface area contributed by atoms with Gasteiger partial charge in [0.1, 0.15) is 6.07 Å². The van der Waals surface area contributed by atoms with Gasteiger partial charge in [0.05, 0.1) is 17.7 Å². The summed E-state index contributed by atoms with van der Waals surface area (Å²) in [5.41, 5.74) is 2.89. The molecule has 2 aromatic carbocycles. The molecule has 0 saturated heterocycles. The molecule has 0 aliphatic rings. The lowest BCUT2D eigenvalue weighted by atomic mass is 9.92. The molecule has 0 aliphatic heterocycles. The van der Waals surface area contributed by atoms with Crippen LogP contribution in [0.5, 0.6) is 0 Å². The van der Waals surface area contributed by atoms with Crippen molar-refractivity contribution in [3.63, 3.8) is 0 Å². The van der Waals surface area contributed by atoms with Crippen molar-refractivity contribution in [3.8, 4) is 12.1 Å². The summed E-state index contributed by atoms with van der Waals surface area (Å²) in [6.45, 7) is 0. The van der Waals surface area contributed by atoms with Crippen molar-refractivity contribution in [2.24, 2.45) is 5.10 Å². The lowest BCUT2D eigenvalue weighted by molar-refractivity contribution is -0.114. The van der Waals surface area contributed by atoms with Crippen LogP contribution >= 0.6 is 34.8 Å². The van der Waals surface area contributed by atoms with Gasteiger partial charge in [-0.05, 0) is 29.8 Å².